The molecule has 0 unspecified atom stereocenters. The van der Waals surface area contributed by atoms with E-state index in [1.54, 1.807) is 121 Å². The van der Waals surface area contributed by atoms with Crippen LogP contribution in [-0.4, -0.2) is 28.5 Å². The van der Waals surface area contributed by atoms with Crippen LogP contribution >= 0.6 is 99.9 Å². The van der Waals surface area contributed by atoms with Crippen LogP contribution in [0, 0.1) is 27.2 Å². The van der Waals surface area contributed by atoms with Gasteiger partial charge in [0.2, 0.25) is 9.84 Å². The van der Waals surface area contributed by atoms with Crippen LogP contribution in [-0.2, 0) is 9.84 Å². The number of phenols is 2. The maximum atomic E-state index is 12.3. The van der Waals surface area contributed by atoms with E-state index in [1.807, 2.05) is 43.3 Å². The van der Waals surface area contributed by atoms with Gasteiger partial charge in [0.25, 0.3) is 11.4 Å². The number of aryl methyl sites for hydroxylation is 1. The highest BCUT2D eigenvalue weighted by atomic mass is 79.9. The lowest BCUT2D eigenvalue weighted by Crippen LogP contribution is -2.10. The monoisotopic (exact) mass is 1250 g/mol. The summed E-state index contributed by atoms with van der Waals surface area (Å²) < 4.78 is 39.0. The van der Waals surface area contributed by atoms with Crippen molar-refractivity contribution in [2.24, 2.45) is 0 Å². The second-order valence-corrected chi connectivity index (χ2v) is 22.2. The number of halogens is 4. The Morgan fingerprint density at radius 1 is 0.551 bits per heavy atom. The molecule has 2 aliphatic heterocycles. The number of ether oxygens (including phenoxy) is 2. The highest BCUT2D eigenvalue weighted by Crippen LogP contribution is 2.48. The van der Waals surface area contributed by atoms with Crippen LogP contribution in [0.5, 0.6) is 34.5 Å². The fourth-order valence-corrected chi connectivity index (χ4v) is 10.8. The minimum Gasteiger partial charge on any atom is -0.507 e. The number of hydrogen-bond donors (Lipinski definition) is 3. The zero-order valence-corrected chi connectivity index (χ0v) is 45.1. The molecule has 0 atom stereocenters. The first-order valence-electron chi connectivity index (χ1n) is 19.7. The highest BCUT2D eigenvalue weighted by molar-refractivity contribution is 9.11. The molecule has 0 spiro atoms. The largest absolute Gasteiger partial charge is 0.507 e. The summed E-state index contributed by atoms with van der Waals surface area (Å²) in [6, 6.07) is 49.3. The summed E-state index contributed by atoms with van der Waals surface area (Å²) in [4.78, 5) is 24.9. The summed E-state index contributed by atoms with van der Waals surface area (Å²) in [5.41, 5.74) is 1.05. The lowest BCUT2D eigenvalue weighted by atomic mass is 10.2. The molecule has 2 N–H and O–H groups in total. The number of hydrogen-bond acceptors (Lipinski definition) is 13. The molecule has 0 saturated heterocycles. The SMILES string of the molecule is Brc1ccc2c(c1)Oc1ccccc1S2.Cc1ccc2c(c1)Oc1ccccc1S2(=O)=O.O=[N+]([O-])c1cc(Br)ccc1Br.O=[N+]([O-])c1cc(Br)ccc1Sc1ccccc1O.Oc1ccccc1S. The Kier molecular flexibility index (Phi) is 18.8. The van der Waals surface area contributed by atoms with Crippen molar-refractivity contribution in [3.8, 4) is 34.5 Å². The lowest BCUT2D eigenvalue weighted by Gasteiger charge is -2.20. The van der Waals surface area contributed by atoms with Gasteiger partial charge in [0.15, 0.2) is 0 Å². The van der Waals surface area contributed by atoms with E-state index >= 15 is 0 Å². The molecule has 0 aromatic heterocycles. The van der Waals surface area contributed by atoms with Gasteiger partial charge in [-0.3, -0.25) is 20.2 Å². The minimum absolute atomic E-state index is 0.0117. The number of nitrogens with zero attached hydrogens (tertiary/aromatic N) is 2. The lowest BCUT2D eigenvalue weighted by molar-refractivity contribution is -0.387. The average Bonchev–Trinajstić information content (AvgIpc) is 3.32. The van der Waals surface area contributed by atoms with Crippen LogP contribution in [0.2, 0.25) is 0 Å². The van der Waals surface area contributed by atoms with Crippen LogP contribution in [0.3, 0.4) is 0 Å². The molecule has 352 valence electrons. The highest BCUT2D eigenvalue weighted by Gasteiger charge is 2.31. The molecule has 20 heteroatoms. The first kappa shape index (κ1) is 53.0. The van der Waals surface area contributed by atoms with Gasteiger partial charge in [-0.25, -0.2) is 8.42 Å². The van der Waals surface area contributed by atoms with E-state index in [9.17, 15) is 33.8 Å². The van der Waals surface area contributed by atoms with E-state index in [4.69, 9.17) is 14.6 Å². The van der Waals surface area contributed by atoms with E-state index in [0.29, 0.717) is 39.6 Å². The second kappa shape index (κ2) is 24.5. The maximum Gasteiger partial charge on any atom is 0.284 e. The van der Waals surface area contributed by atoms with Crippen molar-refractivity contribution in [3.63, 3.8) is 0 Å². The molecule has 2 heterocycles. The normalized spacial score (nSPS) is 11.9. The molecule has 0 amide bonds. The number of fused-ring (bicyclic) bond motifs is 4. The molecule has 0 saturated carbocycles. The fraction of sp³-hybridized carbons (Fsp3) is 0.0204. The number of phenolic OH excluding ortho intramolecular Hbond substituents is 2. The van der Waals surface area contributed by atoms with Crippen LogP contribution in [0.15, 0.2) is 222 Å². The minimum atomic E-state index is -3.44. The summed E-state index contributed by atoms with van der Waals surface area (Å²) in [6.07, 6.45) is 0. The molecule has 0 radical (unpaired) electrons. The maximum absolute atomic E-state index is 12.3. The number of nitro groups is 2. The van der Waals surface area contributed by atoms with Gasteiger partial charge in [-0.05, 0) is 132 Å². The number of nitro benzene ring substituents is 2. The fourth-order valence-electron chi connectivity index (χ4n) is 5.88. The predicted molar refractivity (Wildman–Crippen MR) is 285 cm³/mol. The summed E-state index contributed by atoms with van der Waals surface area (Å²) in [5, 5.41) is 39.8. The Bertz CT molecular complexity index is 3270. The Morgan fingerprint density at radius 2 is 1.09 bits per heavy atom. The van der Waals surface area contributed by atoms with Crippen LogP contribution in [0.25, 0.3) is 0 Å². The Labute approximate surface area is 444 Å². The Balaban J connectivity index is 0.000000145. The molecule has 8 aromatic rings. The van der Waals surface area contributed by atoms with E-state index in [1.165, 1.54) is 28.8 Å². The van der Waals surface area contributed by atoms with Crippen molar-refractivity contribution in [1.29, 1.82) is 0 Å². The van der Waals surface area contributed by atoms with E-state index in [2.05, 4.69) is 88.5 Å². The van der Waals surface area contributed by atoms with Gasteiger partial charge in [0, 0.05) is 30.4 Å². The van der Waals surface area contributed by atoms with Gasteiger partial charge in [0.1, 0.15) is 44.3 Å². The van der Waals surface area contributed by atoms with Crippen molar-refractivity contribution in [3.05, 3.63) is 214 Å². The number of thiol groups is 1. The molecular weight excluding hydrogens is 1220 g/mol. The molecule has 0 aliphatic carbocycles. The van der Waals surface area contributed by atoms with E-state index in [0.717, 1.165) is 26.4 Å². The quantitative estimate of drug-likeness (QED) is 0.0864. The summed E-state index contributed by atoms with van der Waals surface area (Å²) >= 11 is 19.7. The molecular formula is C49H34Br4N2O10S4. The standard InChI is InChI=1S/C13H10O3S.C12H8BrNO3S.C12H7BrOS.C6H3Br2NO2.C6H6OS/c1-9-6-7-13-11(8-9)16-10-4-2-3-5-12(10)17(13,14)15;13-8-5-6-11(9(7-8)14(16)17)18-12-4-2-1-3-10(12)15;13-8-5-6-12-10(7-8)14-9-3-1-2-4-11(9)15-12;7-4-1-2-5(8)6(3-4)9(10)11;7-5-3-1-2-4-6(5)8/h2-8H,1H3;1-7,15H;1-7H;1-3H;1-4,7-8H. The van der Waals surface area contributed by atoms with Crippen molar-refractivity contribution in [1.82, 2.24) is 0 Å². The van der Waals surface area contributed by atoms with Crippen LogP contribution < -0.4 is 9.47 Å². The zero-order valence-electron chi connectivity index (χ0n) is 35.4. The summed E-state index contributed by atoms with van der Waals surface area (Å²) in [5.74, 6) is 3.01. The van der Waals surface area contributed by atoms with Crippen molar-refractivity contribution < 1.29 is 38.0 Å². The molecule has 0 fully saturated rings. The van der Waals surface area contributed by atoms with Crippen molar-refractivity contribution in [2.45, 2.75) is 41.2 Å². The first-order chi connectivity index (χ1) is 32.9. The number of rotatable bonds is 4. The van der Waals surface area contributed by atoms with Crippen LogP contribution in [0.4, 0.5) is 11.4 Å². The molecule has 10 rings (SSSR count). The number of para-hydroxylation sites is 4. The molecule has 2 aliphatic rings. The number of benzene rings is 8. The van der Waals surface area contributed by atoms with Gasteiger partial charge < -0.3 is 19.7 Å². The Hall–Kier alpha value is -5.32. The molecule has 69 heavy (non-hydrogen) atoms. The number of aromatic hydroxyl groups is 2. The van der Waals surface area contributed by atoms with Gasteiger partial charge in [0.05, 0.1) is 33.9 Å². The zero-order chi connectivity index (χ0) is 49.8. The third kappa shape index (κ3) is 14.4. The van der Waals surface area contributed by atoms with Crippen LogP contribution in [0.1, 0.15) is 5.56 Å². The third-order valence-electron chi connectivity index (χ3n) is 9.13. The average molecular weight is 1260 g/mol. The smallest absolute Gasteiger partial charge is 0.284 e. The number of sulfone groups is 1. The van der Waals surface area contributed by atoms with E-state index < -0.39 is 19.7 Å². The van der Waals surface area contributed by atoms with Gasteiger partial charge >= 0.3 is 0 Å². The first-order valence-corrected chi connectivity index (χ1v) is 26.5. The van der Waals surface area contributed by atoms with Gasteiger partial charge in [-0.1, -0.05) is 126 Å². The van der Waals surface area contributed by atoms with Gasteiger partial charge in [-0.15, -0.1) is 12.6 Å². The van der Waals surface area contributed by atoms with Gasteiger partial charge in [-0.2, -0.15) is 0 Å². The topological polar surface area (TPSA) is 179 Å². The summed E-state index contributed by atoms with van der Waals surface area (Å²) in [6.45, 7) is 1.90. The van der Waals surface area contributed by atoms with Crippen molar-refractivity contribution >= 4 is 121 Å². The third-order valence-corrected chi connectivity index (χ3v) is 15.7. The Morgan fingerprint density at radius 3 is 1.74 bits per heavy atom. The molecule has 0 bridgehead atoms. The second-order valence-electron chi connectivity index (χ2n) is 14.0. The summed E-state index contributed by atoms with van der Waals surface area (Å²) in [7, 11) is -3.44. The van der Waals surface area contributed by atoms with Crippen molar-refractivity contribution in [2.75, 3.05) is 0 Å². The molecule has 12 nitrogen and oxygen atoms in total. The van der Waals surface area contributed by atoms with E-state index in [-0.39, 0.29) is 32.7 Å². The predicted octanol–water partition coefficient (Wildman–Crippen LogP) is 16.7. The molecule has 8 aromatic carbocycles.